The molecule has 1 aromatic heterocycles. The summed E-state index contributed by atoms with van der Waals surface area (Å²) in [5.41, 5.74) is 3.85. The molecule has 2 aromatic carbocycles. The average Bonchev–Trinajstić information content (AvgIpc) is 3.32. The van der Waals surface area contributed by atoms with Crippen LogP contribution in [0.15, 0.2) is 65.9 Å². The van der Waals surface area contributed by atoms with Gasteiger partial charge in [0.1, 0.15) is 6.33 Å². The van der Waals surface area contributed by atoms with Crippen LogP contribution in [0.1, 0.15) is 24.0 Å². The topological polar surface area (TPSA) is 78.0 Å². The van der Waals surface area contributed by atoms with Gasteiger partial charge in [0.2, 0.25) is 0 Å². The Hall–Kier alpha value is -2.42. The molecular weight excluding hydrogens is 463 g/mol. The zero-order chi connectivity index (χ0) is 18.5. The quantitative estimate of drug-likeness (QED) is 0.282. The lowest BCUT2D eigenvalue weighted by Crippen LogP contribution is -2.40. The summed E-state index contributed by atoms with van der Waals surface area (Å²) >= 11 is 0. The molecule has 0 amide bonds. The summed E-state index contributed by atoms with van der Waals surface area (Å²) in [7, 11) is 1.81. The zero-order valence-electron chi connectivity index (χ0n) is 15.9. The highest BCUT2D eigenvalue weighted by Gasteiger charge is 2.43. The molecule has 0 bridgehead atoms. The Balaban J connectivity index is 0.00000225. The van der Waals surface area contributed by atoms with Crippen molar-refractivity contribution in [1.29, 1.82) is 0 Å². The molecule has 0 saturated heterocycles. The van der Waals surface area contributed by atoms with Gasteiger partial charge in [-0.05, 0) is 30.0 Å². The van der Waals surface area contributed by atoms with Crippen molar-refractivity contribution in [3.05, 3.63) is 72.1 Å². The maximum Gasteiger partial charge on any atom is 0.191 e. The summed E-state index contributed by atoms with van der Waals surface area (Å²) in [4.78, 5) is 8.57. The Kier molecular flexibility index (Phi) is 6.66. The van der Waals surface area contributed by atoms with E-state index in [0.717, 1.165) is 29.5 Å². The third-order valence-electron chi connectivity index (χ3n) is 5.13. The molecule has 7 heteroatoms. The molecule has 1 aliphatic carbocycles. The van der Waals surface area contributed by atoms with Crippen molar-refractivity contribution < 1.29 is 0 Å². The predicted molar refractivity (Wildman–Crippen MR) is 123 cm³/mol. The number of H-pyrrole nitrogens is 1. The number of hydrogen-bond acceptors (Lipinski definition) is 3. The Labute approximate surface area is 182 Å². The lowest BCUT2D eigenvalue weighted by atomic mass is 9.96. The number of aromatic nitrogens is 3. The van der Waals surface area contributed by atoms with Crippen molar-refractivity contribution in [3.63, 3.8) is 0 Å². The van der Waals surface area contributed by atoms with Gasteiger partial charge in [0.25, 0.3) is 0 Å². The molecule has 0 spiro atoms. The van der Waals surface area contributed by atoms with Gasteiger partial charge in [-0.25, -0.2) is 4.98 Å². The minimum absolute atomic E-state index is 0. The second-order valence-electron chi connectivity index (χ2n) is 6.96. The molecule has 0 aliphatic heterocycles. The normalized spacial score (nSPS) is 14.8. The van der Waals surface area contributed by atoms with Gasteiger partial charge in [0.05, 0.1) is 0 Å². The largest absolute Gasteiger partial charge is 0.356 e. The van der Waals surface area contributed by atoms with Crippen LogP contribution in [0.3, 0.4) is 0 Å². The third-order valence-corrected chi connectivity index (χ3v) is 5.13. The van der Waals surface area contributed by atoms with Gasteiger partial charge in [-0.15, -0.1) is 24.0 Å². The number of aromatic amines is 1. The fraction of sp³-hybridized carbons (Fsp3) is 0.286. The van der Waals surface area contributed by atoms with E-state index in [2.05, 4.69) is 73.3 Å². The summed E-state index contributed by atoms with van der Waals surface area (Å²) in [6, 6.07) is 19.0. The van der Waals surface area contributed by atoms with Gasteiger partial charge in [-0.3, -0.25) is 10.1 Å². The first kappa shape index (κ1) is 20.3. The van der Waals surface area contributed by atoms with E-state index in [4.69, 9.17) is 0 Å². The second kappa shape index (κ2) is 9.18. The number of benzene rings is 2. The summed E-state index contributed by atoms with van der Waals surface area (Å²) in [5.74, 6) is 1.60. The Morgan fingerprint density at radius 1 is 1.11 bits per heavy atom. The van der Waals surface area contributed by atoms with Gasteiger partial charge >= 0.3 is 0 Å². The van der Waals surface area contributed by atoms with Crippen LogP contribution in [0.4, 0.5) is 0 Å². The highest BCUT2D eigenvalue weighted by Crippen LogP contribution is 2.47. The molecule has 146 valence electrons. The molecule has 1 heterocycles. The molecule has 0 radical (unpaired) electrons. The smallest absolute Gasteiger partial charge is 0.191 e. The van der Waals surface area contributed by atoms with Crippen LogP contribution in [0, 0.1) is 0 Å². The number of halogens is 1. The lowest BCUT2D eigenvalue weighted by Gasteiger charge is -2.19. The van der Waals surface area contributed by atoms with Crippen LogP contribution in [0.25, 0.3) is 11.4 Å². The van der Waals surface area contributed by atoms with Crippen molar-refractivity contribution >= 4 is 29.9 Å². The number of nitrogens with one attached hydrogen (secondary N) is 3. The average molecular weight is 488 g/mol. The molecule has 1 saturated carbocycles. The van der Waals surface area contributed by atoms with Gasteiger partial charge in [-0.2, -0.15) is 5.10 Å². The number of nitrogens with zero attached hydrogens (tertiary/aromatic N) is 3. The van der Waals surface area contributed by atoms with Crippen LogP contribution in [0.2, 0.25) is 0 Å². The maximum absolute atomic E-state index is 4.37. The predicted octanol–water partition coefficient (Wildman–Crippen LogP) is 3.49. The van der Waals surface area contributed by atoms with E-state index in [1.54, 1.807) is 0 Å². The molecule has 1 fully saturated rings. The van der Waals surface area contributed by atoms with Gasteiger partial charge in [-0.1, -0.05) is 48.5 Å². The van der Waals surface area contributed by atoms with Crippen molar-refractivity contribution in [1.82, 2.24) is 25.8 Å². The fourth-order valence-corrected chi connectivity index (χ4v) is 3.34. The van der Waals surface area contributed by atoms with Crippen molar-refractivity contribution in [3.8, 4) is 11.4 Å². The zero-order valence-corrected chi connectivity index (χ0v) is 18.2. The van der Waals surface area contributed by atoms with Crippen LogP contribution >= 0.6 is 24.0 Å². The molecule has 3 N–H and O–H groups in total. The standard InChI is InChI=1S/C21H24N6.HI/c1-22-20(24-14-21(10-11-21)18-8-3-2-4-9-18)23-13-16-6-5-7-17(12-16)19-25-15-26-27-19;/h2-9,12,15H,10-11,13-14H2,1H3,(H2,22,23,24)(H,25,26,27);1H. The molecule has 0 atom stereocenters. The highest BCUT2D eigenvalue weighted by molar-refractivity contribution is 14.0. The first-order valence-corrected chi connectivity index (χ1v) is 9.24. The van der Waals surface area contributed by atoms with Crippen molar-refractivity contribution in [2.24, 2.45) is 4.99 Å². The molecule has 3 aromatic rings. The molecule has 6 nitrogen and oxygen atoms in total. The van der Waals surface area contributed by atoms with Crippen LogP contribution in [0.5, 0.6) is 0 Å². The minimum Gasteiger partial charge on any atom is -0.356 e. The molecule has 0 unspecified atom stereocenters. The Bertz CT molecular complexity index is 904. The summed E-state index contributed by atoms with van der Waals surface area (Å²) in [6.07, 6.45) is 3.97. The first-order valence-electron chi connectivity index (χ1n) is 9.24. The van der Waals surface area contributed by atoms with Gasteiger partial charge in [0, 0.05) is 31.1 Å². The summed E-state index contributed by atoms with van der Waals surface area (Å²) < 4.78 is 0. The van der Waals surface area contributed by atoms with Crippen molar-refractivity contribution in [2.75, 3.05) is 13.6 Å². The summed E-state index contributed by atoms with van der Waals surface area (Å²) in [5, 5.41) is 13.7. The monoisotopic (exact) mass is 488 g/mol. The van der Waals surface area contributed by atoms with Crippen molar-refractivity contribution in [2.45, 2.75) is 24.8 Å². The van der Waals surface area contributed by atoms with Crippen LogP contribution in [-0.2, 0) is 12.0 Å². The molecular formula is C21H25IN6. The first-order chi connectivity index (χ1) is 13.3. The fourth-order valence-electron chi connectivity index (χ4n) is 3.34. The number of aliphatic imine (C=N–C) groups is 1. The van der Waals surface area contributed by atoms with Gasteiger partial charge < -0.3 is 10.6 Å². The number of rotatable bonds is 6. The molecule has 1 aliphatic rings. The van der Waals surface area contributed by atoms with Gasteiger partial charge in [0.15, 0.2) is 11.8 Å². The van der Waals surface area contributed by atoms with E-state index in [-0.39, 0.29) is 29.4 Å². The van der Waals surface area contributed by atoms with Crippen LogP contribution < -0.4 is 10.6 Å². The maximum atomic E-state index is 4.37. The van der Waals surface area contributed by atoms with E-state index < -0.39 is 0 Å². The van der Waals surface area contributed by atoms with Crippen LogP contribution in [-0.4, -0.2) is 34.7 Å². The van der Waals surface area contributed by atoms with E-state index in [9.17, 15) is 0 Å². The van der Waals surface area contributed by atoms with E-state index in [0.29, 0.717) is 6.54 Å². The number of guanidine groups is 1. The lowest BCUT2D eigenvalue weighted by molar-refractivity contribution is 0.645. The third kappa shape index (κ3) is 4.70. The Morgan fingerprint density at radius 2 is 1.93 bits per heavy atom. The highest BCUT2D eigenvalue weighted by atomic mass is 127. The van der Waals surface area contributed by atoms with E-state index >= 15 is 0 Å². The minimum atomic E-state index is 0. The van der Waals surface area contributed by atoms with E-state index in [1.807, 2.05) is 19.2 Å². The van der Waals surface area contributed by atoms with E-state index in [1.165, 1.54) is 24.7 Å². The molecule has 4 rings (SSSR count). The molecule has 28 heavy (non-hydrogen) atoms. The number of hydrogen-bond donors (Lipinski definition) is 3. The Morgan fingerprint density at radius 3 is 2.61 bits per heavy atom. The SMILES string of the molecule is CN=C(NCc1cccc(-c2ncn[nH]2)c1)NCC1(c2ccccc2)CC1.I. The second-order valence-corrected chi connectivity index (χ2v) is 6.96. The summed E-state index contributed by atoms with van der Waals surface area (Å²) in [6.45, 7) is 1.59.